The number of ketones is 1. The van der Waals surface area contributed by atoms with Crippen LogP contribution >= 0.6 is 15.9 Å². The summed E-state index contributed by atoms with van der Waals surface area (Å²) in [5.74, 6) is 1.34. The van der Waals surface area contributed by atoms with Crippen molar-refractivity contribution in [1.82, 2.24) is 0 Å². The Hall–Kier alpha value is -1.07. The summed E-state index contributed by atoms with van der Waals surface area (Å²) in [7, 11) is 0. The third-order valence-electron chi connectivity index (χ3n) is 2.52. The lowest BCUT2D eigenvalue weighted by atomic mass is 10.0. The molecule has 0 radical (unpaired) electrons. The highest BCUT2D eigenvalue weighted by atomic mass is 79.9. The second-order valence-electron chi connectivity index (χ2n) is 3.56. The average molecular weight is 286 g/mol. The lowest BCUT2D eigenvalue weighted by Gasteiger charge is -2.08. The molecule has 2 rings (SSSR count). The van der Waals surface area contributed by atoms with E-state index in [2.05, 4.69) is 15.9 Å². The van der Waals surface area contributed by atoms with Crippen LogP contribution in [0.2, 0.25) is 0 Å². The van der Waals surface area contributed by atoms with E-state index in [0.29, 0.717) is 30.0 Å². The van der Waals surface area contributed by atoms with Crippen LogP contribution in [0.5, 0.6) is 11.5 Å². The molecule has 1 heterocycles. The van der Waals surface area contributed by atoms with Crippen molar-refractivity contribution < 1.29 is 14.3 Å². The van der Waals surface area contributed by atoms with Crippen LogP contribution in [-0.4, -0.2) is 19.1 Å². The summed E-state index contributed by atoms with van der Waals surface area (Å²) in [6.07, 6.45) is 0.340. The quantitative estimate of drug-likeness (QED) is 0.863. The summed E-state index contributed by atoms with van der Waals surface area (Å²) in [6, 6.07) is 1.76. The van der Waals surface area contributed by atoms with E-state index in [1.54, 1.807) is 6.07 Å². The summed E-state index contributed by atoms with van der Waals surface area (Å²) in [4.78, 5) is 11.8. The summed E-state index contributed by atoms with van der Waals surface area (Å²) in [5.41, 5.74) is 6.83. The summed E-state index contributed by atoms with van der Waals surface area (Å²) >= 11 is 3.36. The van der Waals surface area contributed by atoms with Gasteiger partial charge in [-0.05, 0) is 35.5 Å². The number of ether oxygens (including phenoxy) is 2. The number of benzene rings is 1. The van der Waals surface area contributed by atoms with Crippen molar-refractivity contribution in [3.05, 3.63) is 21.7 Å². The number of fused-ring (bicyclic) bond motifs is 1. The van der Waals surface area contributed by atoms with Gasteiger partial charge in [-0.2, -0.15) is 0 Å². The second kappa shape index (κ2) is 4.43. The molecular formula is C11H12BrNO3. The van der Waals surface area contributed by atoms with Crippen molar-refractivity contribution in [1.29, 1.82) is 0 Å². The van der Waals surface area contributed by atoms with Gasteiger partial charge in [0.1, 0.15) is 0 Å². The molecule has 0 saturated carbocycles. The van der Waals surface area contributed by atoms with Gasteiger partial charge in [0.05, 0.1) is 4.47 Å². The molecule has 0 amide bonds. The number of halogens is 1. The minimum absolute atomic E-state index is 0.0269. The molecule has 0 bridgehead atoms. The molecule has 5 heteroatoms. The monoisotopic (exact) mass is 285 g/mol. The zero-order valence-electron chi connectivity index (χ0n) is 8.88. The number of rotatable bonds is 3. The van der Waals surface area contributed by atoms with E-state index in [1.807, 2.05) is 6.92 Å². The Morgan fingerprint density at radius 1 is 1.50 bits per heavy atom. The molecule has 1 aromatic carbocycles. The zero-order chi connectivity index (χ0) is 11.7. The van der Waals surface area contributed by atoms with Crippen molar-refractivity contribution in [3.63, 3.8) is 0 Å². The summed E-state index contributed by atoms with van der Waals surface area (Å²) in [6.45, 7) is 2.40. The van der Waals surface area contributed by atoms with Crippen molar-refractivity contribution in [2.45, 2.75) is 13.3 Å². The second-order valence-corrected chi connectivity index (χ2v) is 4.41. The van der Waals surface area contributed by atoms with E-state index in [-0.39, 0.29) is 12.6 Å². The Balaban J connectivity index is 2.48. The minimum atomic E-state index is 0.0269. The van der Waals surface area contributed by atoms with E-state index < -0.39 is 0 Å². The maximum Gasteiger partial charge on any atom is 0.231 e. The van der Waals surface area contributed by atoms with Gasteiger partial charge in [0.15, 0.2) is 17.3 Å². The highest BCUT2D eigenvalue weighted by Crippen LogP contribution is 2.43. The fourth-order valence-corrected chi connectivity index (χ4v) is 2.24. The first kappa shape index (κ1) is 11.4. The van der Waals surface area contributed by atoms with Crippen molar-refractivity contribution in [2.75, 3.05) is 13.3 Å². The largest absolute Gasteiger partial charge is 0.453 e. The highest BCUT2D eigenvalue weighted by molar-refractivity contribution is 9.10. The molecule has 0 aliphatic carbocycles. The third kappa shape index (κ3) is 1.81. The maximum atomic E-state index is 11.8. The van der Waals surface area contributed by atoms with Gasteiger partial charge in [-0.3, -0.25) is 4.79 Å². The topological polar surface area (TPSA) is 61.6 Å². The van der Waals surface area contributed by atoms with Gasteiger partial charge in [0, 0.05) is 17.5 Å². The van der Waals surface area contributed by atoms with Gasteiger partial charge in [-0.1, -0.05) is 0 Å². The van der Waals surface area contributed by atoms with Gasteiger partial charge < -0.3 is 15.2 Å². The molecule has 16 heavy (non-hydrogen) atoms. The van der Waals surface area contributed by atoms with Crippen LogP contribution < -0.4 is 15.2 Å². The van der Waals surface area contributed by atoms with Gasteiger partial charge in [-0.25, -0.2) is 0 Å². The number of carbonyl (C=O) groups excluding carboxylic acids is 1. The molecule has 1 aliphatic rings. The molecule has 1 aromatic rings. The lowest BCUT2D eigenvalue weighted by molar-refractivity contribution is 0.0984. The summed E-state index contributed by atoms with van der Waals surface area (Å²) < 4.78 is 11.4. The van der Waals surface area contributed by atoms with Crippen LogP contribution in [0.4, 0.5) is 0 Å². The van der Waals surface area contributed by atoms with E-state index in [1.165, 1.54) is 0 Å². The molecule has 0 fully saturated rings. The normalized spacial score (nSPS) is 12.9. The molecule has 1 aliphatic heterocycles. The van der Waals surface area contributed by atoms with E-state index in [9.17, 15) is 4.79 Å². The molecular weight excluding hydrogens is 274 g/mol. The SMILES string of the molecule is Cc1c(C(=O)CCN)cc(Br)c2c1OCO2. The molecule has 0 atom stereocenters. The summed E-state index contributed by atoms with van der Waals surface area (Å²) in [5, 5.41) is 0. The molecule has 0 unspecified atom stereocenters. The molecule has 2 N–H and O–H groups in total. The number of nitrogens with two attached hydrogens (primary N) is 1. The van der Waals surface area contributed by atoms with Gasteiger partial charge in [-0.15, -0.1) is 0 Å². The minimum Gasteiger partial charge on any atom is -0.453 e. The Morgan fingerprint density at radius 3 is 2.88 bits per heavy atom. The van der Waals surface area contributed by atoms with Crippen LogP contribution in [0.25, 0.3) is 0 Å². The fourth-order valence-electron chi connectivity index (χ4n) is 1.71. The molecule has 0 aromatic heterocycles. The predicted octanol–water partition coefficient (Wildman–Crippen LogP) is 2.02. The predicted molar refractivity (Wildman–Crippen MR) is 63.0 cm³/mol. The standard InChI is InChI=1S/C11H12BrNO3/c1-6-7(9(14)2-3-13)4-8(12)11-10(6)15-5-16-11/h4H,2-3,5,13H2,1H3. The van der Waals surface area contributed by atoms with E-state index in [4.69, 9.17) is 15.2 Å². The van der Waals surface area contributed by atoms with Crippen LogP contribution in [-0.2, 0) is 0 Å². The number of hydrogen-bond acceptors (Lipinski definition) is 4. The number of hydrogen-bond donors (Lipinski definition) is 1. The molecule has 0 saturated heterocycles. The van der Waals surface area contributed by atoms with E-state index >= 15 is 0 Å². The van der Waals surface area contributed by atoms with Crippen LogP contribution in [0, 0.1) is 6.92 Å². The third-order valence-corrected chi connectivity index (χ3v) is 3.11. The van der Waals surface area contributed by atoms with Crippen molar-refractivity contribution in [2.24, 2.45) is 5.73 Å². The van der Waals surface area contributed by atoms with Crippen molar-refractivity contribution >= 4 is 21.7 Å². The van der Waals surface area contributed by atoms with Crippen molar-refractivity contribution in [3.8, 4) is 11.5 Å². The lowest BCUT2D eigenvalue weighted by Crippen LogP contribution is -2.09. The van der Waals surface area contributed by atoms with Gasteiger partial charge >= 0.3 is 0 Å². The molecule has 4 nitrogen and oxygen atoms in total. The van der Waals surface area contributed by atoms with Gasteiger partial charge in [0.2, 0.25) is 6.79 Å². The number of Topliss-reactive ketones (excluding diaryl/α,β-unsaturated/α-hetero) is 1. The Kier molecular flexibility index (Phi) is 3.16. The highest BCUT2D eigenvalue weighted by Gasteiger charge is 2.24. The number of carbonyl (C=O) groups is 1. The van der Waals surface area contributed by atoms with E-state index in [0.717, 1.165) is 10.0 Å². The zero-order valence-corrected chi connectivity index (χ0v) is 10.5. The molecule has 86 valence electrons. The van der Waals surface area contributed by atoms with Crippen LogP contribution in [0.15, 0.2) is 10.5 Å². The Labute approximate surface area is 102 Å². The Morgan fingerprint density at radius 2 is 2.19 bits per heavy atom. The first-order valence-electron chi connectivity index (χ1n) is 4.97. The smallest absolute Gasteiger partial charge is 0.231 e. The Bertz CT molecular complexity index is 445. The fraction of sp³-hybridized carbons (Fsp3) is 0.364. The first-order valence-corrected chi connectivity index (χ1v) is 5.76. The molecule has 0 spiro atoms. The van der Waals surface area contributed by atoms with Gasteiger partial charge in [0.25, 0.3) is 0 Å². The average Bonchev–Trinajstić information content (AvgIpc) is 2.73. The van der Waals surface area contributed by atoms with Crippen LogP contribution in [0.1, 0.15) is 22.3 Å². The first-order chi connectivity index (χ1) is 7.65. The maximum absolute atomic E-state index is 11.8. The van der Waals surface area contributed by atoms with Crippen LogP contribution in [0.3, 0.4) is 0 Å².